The topological polar surface area (TPSA) is 460 Å². The number of benzene rings is 12. The second-order valence-corrected chi connectivity index (χ2v) is 27.0. The fourth-order valence-corrected chi connectivity index (χ4v) is 12.9. The molecular weight excluding hydrogens is 1390 g/mol. The van der Waals surface area contributed by atoms with Crippen LogP contribution in [0.3, 0.4) is 0 Å². The first-order valence-corrected chi connectivity index (χ1v) is 34.2. The average Bonchev–Trinajstić information content (AvgIpc) is 1.72. The zero-order valence-electron chi connectivity index (χ0n) is 50.2. The third kappa shape index (κ3) is 14.2. The molecule has 12 aromatic carbocycles. The van der Waals surface area contributed by atoms with Crippen molar-refractivity contribution in [2.45, 2.75) is 19.6 Å². The first-order valence-electron chi connectivity index (χ1n) is 28.5. The van der Waals surface area contributed by atoms with Gasteiger partial charge in [0, 0.05) is 43.4 Å². The summed E-state index contributed by atoms with van der Waals surface area (Å²) in [7, 11) is -19.1. The van der Waals surface area contributed by atoms with E-state index in [9.17, 15) is 72.3 Å². The van der Waals surface area contributed by atoms with Gasteiger partial charge < -0.3 is 39.5 Å². The zero-order valence-corrected chi connectivity index (χ0v) is 55.7. The van der Waals surface area contributed by atoms with Gasteiger partial charge in [0.05, 0.1) is 64.4 Å². The van der Waals surface area contributed by atoms with Crippen LogP contribution in [-0.2, 0) is 40.5 Å². The summed E-state index contributed by atoms with van der Waals surface area (Å²) in [6, 6.07) is 52.1. The molecular formula is C66H42CaN12O16S4. The number of nitrogens with one attached hydrogen (secondary N) is 2. The molecule has 33 heteroatoms. The van der Waals surface area contributed by atoms with Crippen LogP contribution >= 0.6 is 0 Å². The van der Waals surface area contributed by atoms with Gasteiger partial charge in [-0.15, -0.1) is 20.5 Å². The Morgan fingerprint density at radius 1 is 0.343 bits per heavy atom. The number of fused-ring (bicyclic) bond motifs is 8. The predicted octanol–water partition coefficient (Wildman–Crippen LogP) is 15.5. The Kier molecular flexibility index (Phi) is 18.5. The molecule has 14 aromatic rings. The molecule has 14 rings (SSSR count). The van der Waals surface area contributed by atoms with E-state index in [1.807, 2.05) is 0 Å². The number of aromatic hydroxyl groups is 4. The van der Waals surface area contributed by atoms with E-state index in [0.717, 1.165) is 12.1 Å². The molecule has 0 bridgehead atoms. The molecule has 99 heavy (non-hydrogen) atoms. The van der Waals surface area contributed by atoms with E-state index >= 15 is 0 Å². The van der Waals surface area contributed by atoms with Gasteiger partial charge >= 0.3 is 37.7 Å². The van der Waals surface area contributed by atoms with Gasteiger partial charge in [0.15, 0.2) is 11.5 Å². The van der Waals surface area contributed by atoms with Crippen LogP contribution in [0.25, 0.3) is 87.9 Å². The van der Waals surface area contributed by atoms with Crippen LogP contribution in [-0.4, -0.2) is 130 Å². The summed E-state index contributed by atoms with van der Waals surface area (Å²) in [5.74, 6) is -0.795. The van der Waals surface area contributed by atoms with Gasteiger partial charge in [-0.1, -0.05) is 84.9 Å². The fraction of sp³-hybridized carbons (Fsp3) is 0. The molecule has 0 unspecified atom stereocenters. The number of hydrogen-bond acceptors (Lipinski definition) is 24. The van der Waals surface area contributed by atoms with Gasteiger partial charge in [-0.25, -0.2) is 26.8 Å². The van der Waals surface area contributed by atoms with Crippen LogP contribution in [0.5, 0.6) is 23.0 Å². The normalized spacial score (nSPS) is 12.5. The number of azo groups is 4. The minimum atomic E-state index is -5.10. The summed E-state index contributed by atoms with van der Waals surface area (Å²) < 4.78 is 139. The van der Waals surface area contributed by atoms with Crippen LogP contribution in [0.4, 0.5) is 45.5 Å². The van der Waals surface area contributed by atoms with Crippen molar-refractivity contribution in [3.8, 4) is 45.8 Å². The molecule has 0 saturated heterocycles. The van der Waals surface area contributed by atoms with Crippen LogP contribution in [0.2, 0.25) is 0 Å². The molecule has 0 spiro atoms. The molecule has 0 fully saturated rings. The number of nitrogens with zero attached hydrogens (tertiary/aromatic N) is 10. The van der Waals surface area contributed by atoms with Gasteiger partial charge in [-0.3, -0.25) is 9.11 Å². The van der Waals surface area contributed by atoms with Gasteiger partial charge in [-0.2, -0.15) is 37.3 Å². The molecule has 0 saturated carbocycles. The molecule has 2 aromatic heterocycles. The summed E-state index contributed by atoms with van der Waals surface area (Å²) >= 11 is 0. The van der Waals surface area contributed by atoms with E-state index in [1.165, 1.54) is 72.8 Å². The van der Waals surface area contributed by atoms with Crippen LogP contribution in [0.1, 0.15) is 0 Å². The van der Waals surface area contributed by atoms with Crippen molar-refractivity contribution in [3.05, 3.63) is 206 Å². The molecule has 8 N–H and O–H groups in total. The predicted molar refractivity (Wildman–Crippen MR) is 364 cm³/mol. The number of aromatic amines is 2. The van der Waals surface area contributed by atoms with Gasteiger partial charge in [0.25, 0.3) is 20.2 Å². The molecule has 28 nitrogen and oxygen atoms in total. The second kappa shape index (κ2) is 26.9. The maximum atomic E-state index is 12.3. The first kappa shape index (κ1) is 68.1. The number of aromatic nitrogens is 4. The molecule has 0 aliphatic heterocycles. The molecule has 488 valence electrons. The number of H-pyrrole nitrogens is 2. The van der Waals surface area contributed by atoms with E-state index in [4.69, 9.17) is 0 Å². The molecule has 0 atom stereocenters. The Morgan fingerprint density at radius 2 is 0.697 bits per heavy atom. The number of hydrogen-bond donors (Lipinski definition) is 8. The van der Waals surface area contributed by atoms with Crippen LogP contribution in [0, 0.1) is 0 Å². The van der Waals surface area contributed by atoms with E-state index < -0.39 is 73.1 Å². The summed E-state index contributed by atoms with van der Waals surface area (Å²) in [5, 5.41) is 78.3. The van der Waals surface area contributed by atoms with Gasteiger partial charge in [0.2, 0.25) is 0 Å². The summed E-state index contributed by atoms with van der Waals surface area (Å²) in [6.07, 6.45) is 0. The molecule has 0 aliphatic rings. The maximum absolute atomic E-state index is 12.3. The quantitative estimate of drug-likeness (QED) is 0.0285. The monoisotopic (exact) mass is 1430 g/mol. The molecule has 0 amide bonds. The van der Waals surface area contributed by atoms with Gasteiger partial charge in [0.1, 0.15) is 66.1 Å². The zero-order chi connectivity index (χ0) is 69.0. The first-order chi connectivity index (χ1) is 46.7. The standard InChI is InChI=1S/2C33H22N6O8S2.Ca/c2*40-27-14-9-18-16-22(48(42,43)44)10-11-23(18)30(27)38-37-21-8-4-5-19(15-21)33-34-26-13-12-24-25(29(26)35-33)17-28(49(45,46)47)31(32(24)41)39-36-20-6-2-1-3-7-20;/h2*1-17,40-41H,(H,34,35)(H,42,43,44)(H,45,46,47);/q;;+2/p-2. The largest absolute Gasteiger partial charge is 2.00 e. The van der Waals surface area contributed by atoms with E-state index in [2.05, 4.69) is 60.8 Å². The van der Waals surface area contributed by atoms with E-state index in [1.54, 1.807) is 121 Å². The number of rotatable bonds is 14. The molecule has 0 radical (unpaired) electrons. The summed E-state index contributed by atoms with van der Waals surface area (Å²) in [5.41, 5.74) is 3.28. The number of phenols is 4. The SMILES string of the molecule is O=S(=O)([O-])c1cc2c(ccc3nc(-c4cccc(N=Nc5c(O)ccc6cc(S(=O)(=O)O)ccc56)c4)[nH]c32)c(O)c1N=Nc1ccccc1.O=S(=O)([O-])c1cc2c(ccc3nc(-c4cccc(N=Nc5c(O)ccc6cc(S(=O)(=O)O)ccc56)c4)[nH]c32)c(O)c1N=Nc1ccccc1.[Ca+2]. The minimum Gasteiger partial charge on any atom is -0.744 e. The van der Waals surface area contributed by atoms with Crippen LogP contribution in [0.15, 0.2) is 267 Å². The van der Waals surface area contributed by atoms with Crippen molar-refractivity contribution in [3.63, 3.8) is 0 Å². The summed E-state index contributed by atoms with van der Waals surface area (Å²) in [6.45, 7) is 0. The Morgan fingerprint density at radius 3 is 1.07 bits per heavy atom. The molecule has 0 aliphatic carbocycles. The third-order valence-electron chi connectivity index (χ3n) is 15.2. The van der Waals surface area contributed by atoms with Crippen LogP contribution < -0.4 is 0 Å². The molecule has 2 heterocycles. The average molecular weight is 1430 g/mol. The van der Waals surface area contributed by atoms with Crippen molar-refractivity contribution in [1.29, 1.82) is 0 Å². The number of phenolic OH excluding ortho intramolecular Hbond substituents is 4. The number of imidazole rings is 2. The Hall–Kier alpha value is -10.9. The van der Waals surface area contributed by atoms with Crippen molar-refractivity contribution < 1.29 is 72.3 Å². The van der Waals surface area contributed by atoms with Crippen molar-refractivity contribution in [2.75, 3.05) is 0 Å². The smallest absolute Gasteiger partial charge is 0.744 e. The Balaban J connectivity index is 0.000000186. The van der Waals surface area contributed by atoms with Gasteiger partial charge in [-0.05, 0) is 132 Å². The van der Waals surface area contributed by atoms with E-state index in [0.29, 0.717) is 89.1 Å². The maximum Gasteiger partial charge on any atom is 2.00 e. The fourth-order valence-electron chi connectivity index (χ4n) is 10.6. The Labute approximate surface area is 588 Å². The van der Waals surface area contributed by atoms with Crippen molar-refractivity contribution >= 4 is 189 Å². The third-order valence-corrected chi connectivity index (χ3v) is 18.6. The summed E-state index contributed by atoms with van der Waals surface area (Å²) in [4.78, 5) is 13.4. The Bertz CT molecular complexity index is 5880. The second-order valence-electron chi connectivity index (χ2n) is 21.5. The van der Waals surface area contributed by atoms with E-state index in [-0.39, 0.29) is 91.9 Å². The minimum absolute atomic E-state index is 0. The van der Waals surface area contributed by atoms with Crippen molar-refractivity contribution in [2.24, 2.45) is 40.9 Å². The van der Waals surface area contributed by atoms with Crippen molar-refractivity contribution in [1.82, 2.24) is 19.9 Å².